The minimum atomic E-state index is -0.490. The van der Waals surface area contributed by atoms with Gasteiger partial charge in [0.15, 0.2) is 0 Å². The molecule has 0 atom stereocenters. The second-order valence-electron chi connectivity index (χ2n) is 5.39. The van der Waals surface area contributed by atoms with Crippen molar-refractivity contribution in [2.24, 2.45) is 0 Å². The zero-order valence-corrected chi connectivity index (χ0v) is 11.6. The Morgan fingerprint density at radius 2 is 2.16 bits per heavy atom. The van der Waals surface area contributed by atoms with Crippen LogP contribution < -0.4 is 4.89 Å². The number of carbonyl (C=O) groups excluding carboxylic acids is 1. The molecule has 7 nitrogen and oxygen atoms in total. The van der Waals surface area contributed by atoms with Gasteiger partial charge in [-0.2, -0.15) is 4.89 Å². The van der Waals surface area contributed by atoms with Gasteiger partial charge in [0, 0.05) is 12.1 Å². The summed E-state index contributed by atoms with van der Waals surface area (Å²) in [6.07, 6.45) is 0.339. The maximum absolute atomic E-state index is 12.0. The first-order valence-electron chi connectivity index (χ1n) is 6.15. The molecule has 1 amide bonds. The third kappa shape index (κ3) is 3.17. The Balaban J connectivity index is 2.04. The Bertz CT molecular complexity index is 464. The molecule has 1 aliphatic rings. The second-order valence-corrected chi connectivity index (χ2v) is 5.39. The second kappa shape index (κ2) is 5.08. The van der Waals surface area contributed by atoms with Crippen LogP contribution in [0.2, 0.25) is 0 Å². The predicted octanol–water partition coefficient (Wildman–Crippen LogP) is 1.64. The van der Waals surface area contributed by atoms with Crippen LogP contribution in [0.25, 0.3) is 0 Å². The van der Waals surface area contributed by atoms with Crippen LogP contribution >= 0.6 is 0 Å². The number of aromatic amines is 1. The molecule has 1 aromatic heterocycles. The minimum absolute atomic E-state index is 0.318. The molecular formula is C12H19N3O4. The number of amides is 1. The van der Waals surface area contributed by atoms with E-state index in [4.69, 9.17) is 9.62 Å². The van der Waals surface area contributed by atoms with Crippen LogP contribution in [0.3, 0.4) is 0 Å². The molecule has 7 heteroatoms. The van der Waals surface area contributed by atoms with E-state index in [0.29, 0.717) is 25.4 Å². The number of aromatic nitrogens is 2. The number of ether oxygens (including phenoxy) is 1. The number of fused-ring (bicyclic) bond motifs is 1. The number of nitrogens with zero attached hydrogens (tertiary/aromatic N) is 2. The Morgan fingerprint density at radius 1 is 1.42 bits per heavy atom. The molecular weight excluding hydrogens is 250 g/mol. The quantitative estimate of drug-likeness (QED) is 0.652. The van der Waals surface area contributed by atoms with E-state index < -0.39 is 5.60 Å². The fraction of sp³-hybridized carbons (Fsp3) is 0.667. The smallest absolute Gasteiger partial charge is 0.410 e. The van der Waals surface area contributed by atoms with Crippen molar-refractivity contribution < 1.29 is 19.3 Å². The Labute approximate surface area is 111 Å². The van der Waals surface area contributed by atoms with E-state index in [-0.39, 0.29) is 6.09 Å². The number of nitrogens with one attached hydrogen (secondary N) is 1. The van der Waals surface area contributed by atoms with Gasteiger partial charge in [-0.25, -0.2) is 4.79 Å². The van der Waals surface area contributed by atoms with Crippen molar-refractivity contribution in [3.8, 4) is 5.88 Å². The molecule has 0 aliphatic carbocycles. The van der Waals surface area contributed by atoms with Gasteiger partial charge in [-0.1, -0.05) is 0 Å². The van der Waals surface area contributed by atoms with E-state index in [1.165, 1.54) is 7.11 Å². The lowest BCUT2D eigenvalue weighted by molar-refractivity contribution is -0.182. The summed E-state index contributed by atoms with van der Waals surface area (Å²) in [5, 5.41) is 6.86. The van der Waals surface area contributed by atoms with Gasteiger partial charge in [-0.05, 0) is 27.2 Å². The lowest BCUT2D eigenvalue weighted by Gasteiger charge is -2.29. The first-order valence-corrected chi connectivity index (χ1v) is 6.15. The highest BCUT2D eigenvalue weighted by molar-refractivity contribution is 5.68. The van der Waals surface area contributed by atoms with Crippen LogP contribution in [0.1, 0.15) is 32.0 Å². The summed E-state index contributed by atoms with van der Waals surface area (Å²) in [5.41, 5.74) is 1.31. The van der Waals surface area contributed by atoms with Crippen molar-refractivity contribution in [1.82, 2.24) is 15.1 Å². The summed E-state index contributed by atoms with van der Waals surface area (Å²) in [6.45, 7) is 6.55. The van der Waals surface area contributed by atoms with Gasteiger partial charge in [-0.15, -0.1) is 5.10 Å². The van der Waals surface area contributed by atoms with Gasteiger partial charge < -0.3 is 14.5 Å². The van der Waals surface area contributed by atoms with Gasteiger partial charge in [0.25, 0.3) is 5.88 Å². The third-order valence-electron chi connectivity index (χ3n) is 2.71. The largest absolute Gasteiger partial charge is 0.444 e. The van der Waals surface area contributed by atoms with Crippen LogP contribution in [0, 0.1) is 0 Å². The highest BCUT2D eigenvalue weighted by atomic mass is 17.2. The number of carbonyl (C=O) groups is 1. The summed E-state index contributed by atoms with van der Waals surface area (Å²) < 4.78 is 5.34. The highest BCUT2D eigenvalue weighted by Crippen LogP contribution is 2.26. The van der Waals surface area contributed by atoms with Crippen molar-refractivity contribution in [1.29, 1.82) is 0 Å². The monoisotopic (exact) mass is 269 g/mol. The maximum atomic E-state index is 12.0. The van der Waals surface area contributed by atoms with Gasteiger partial charge in [0.1, 0.15) is 5.60 Å². The topological polar surface area (TPSA) is 76.7 Å². The van der Waals surface area contributed by atoms with Crippen molar-refractivity contribution in [2.45, 2.75) is 39.3 Å². The lowest BCUT2D eigenvalue weighted by atomic mass is 10.1. The Hall–Kier alpha value is -1.76. The van der Waals surface area contributed by atoms with Crippen LogP contribution in [0.5, 0.6) is 5.88 Å². The molecule has 0 bridgehead atoms. The molecule has 0 saturated carbocycles. The molecule has 0 unspecified atom stereocenters. The SMILES string of the molecule is COOc1n[nH]c2c1CCN(C(=O)OC(C)(C)C)C2. The van der Waals surface area contributed by atoms with E-state index in [0.717, 1.165) is 11.3 Å². The fourth-order valence-electron chi connectivity index (χ4n) is 1.92. The molecule has 1 N–H and O–H groups in total. The molecule has 0 fully saturated rings. The summed E-state index contributed by atoms with van der Waals surface area (Å²) in [5.74, 6) is 0.432. The van der Waals surface area contributed by atoms with Gasteiger partial charge >= 0.3 is 6.09 Å². The lowest BCUT2D eigenvalue weighted by Crippen LogP contribution is -2.39. The molecule has 106 valence electrons. The number of hydrogen-bond acceptors (Lipinski definition) is 5. The van der Waals surface area contributed by atoms with Crippen LogP contribution in [-0.2, 0) is 22.6 Å². The van der Waals surface area contributed by atoms with E-state index in [9.17, 15) is 4.79 Å². The van der Waals surface area contributed by atoms with Crippen LogP contribution in [0.15, 0.2) is 0 Å². The van der Waals surface area contributed by atoms with Crippen LogP contribution in [0.4, 0.5) is 4.79 Å². The van der Waals surface area contributed by atoms with E-state index in [2.05, 4.69) is 15.1 Å². The normalized spacial score (nSPS) is 15.1. The molecule has 19 heavy (non-hydrogen) atoms. The van der Waals surface area contributed by atoms with E-state index in [1.807, 2.05) is 20.8 Å². The number of H-pyrrole nitrogens is 1. The first kappa shape index (κ1) is 13.7. The van der Waals surface area contributed by atoms with Gasteiger partial charge in [0.05, 0.1) is 19.3 Å². The van der Waals surface area contributed by atoms with Crippen LogP contribution in [-0.4, -0.2) is 40.4 Å². The first-order chi connectivity index (χ1) is 8.90. The molecule has 0 saturated heterocycles. The van der Waals surface area contributed by atoms with E-state index >= 15 is 0 Å². The summed E-state index contributed by atoms with van der Waals surface area (Å²) in [4.78, 5) is 23.2. The zero-order chi connectivity index (χ0) is 14.0. The minimum Gasteiger partial charge on any atom is -0.444 e. The molecule has 1 aliphatic heterocycles. The third-order valence-corrected chi connectivity index (χ3v) is 2.71. The maximum Gasteiger partial charge on any atom is 0.410 e. The van der Waals surface area contributed by atoms with Crippen molar-refractivity contribution in [3.63, 3.8) is 0 Å². The standard InChI is InChI=1S/C12H19N3O4/c1-12(2,3)18-11(16)15-6-5-8-9(7-15)13-14-10(8)19-17-4/h5-7H2,1-4H3,(H,13,14). The van der Waals surface area contributed by atoms with Gasteiger partial charge in [0.2, 0.25) is 0 Å². The highest BCUT2D eigenvalue weighted by Gasteiger charge is 2.29. The fourth-order valence-corrected chi connectivity index (χ4v) is 1.92. The average Bonchev–Trinajstić information content (AvgIpc) is 2.70. The summed E-state index contributed by atoms with van der Waals surface area (Å²) >= 11 is 0. The molecule has 1 aromatic rings. The Kier molecular flexibility index (Phi) is 3.66. The number of hydrogen-bond donors (Lipinski definition) is 1. The summed E-state index contributed by atoms with van der Waals surface area (Å²) in [6, 6.07) is 0. The van der Waals surface area contributed by atoms with E-state index in [1.54, 1.807) is 4.90 Å². The molecule has 0 aromatic carbocycles. The van der Waals surface area contributed by atoms with Gasteiger partial charge in [-0.3, -0.25) is 5.10 Å². The summed E-state index contributed by atoms with van der Waals surface area (Å²) in [7, 11) is 1.43. The predicted molar refractivity (Wildman–Crippen MR) is 66.6 cm³/mol. The molecule has 0 spiro atoms. The van der Waals surface area contributed by atoms with Crippen molar-refractivity contribution in [3.05, 3.63) is 11.3 Å². The molecule has 2 rings (SSSR count). The number of rotatable bonds is 2. The zero-order valence-electron chi connectivity index (χ0n) is 11.6. The molecule has 0 radical (unpaired) electrons. The molecule has 2 heterocycles. The Morgan fingerprint density at radius 3 is 2.79 bits per heavy atom. The average molecular weight is 269 g/mol. The van der Waals surface area contributed by atoms with Crippen molar-refractivity contribution >= 4 is 6.09 Å². The van der Waals surface area contributed by atoms with Crippen molar-refractivity contribution in [2.75, 3.05) is 13.7 Å².